The third kappa shape index (κ3) is 1.66. The number of fused-ring (bicyclic) bond motifs is 1. The molecule has 1 aliphatic heterocycles. The molecule has 1 heterocycles. The number of hydrogen-bond acceptors (Lipinski definition) is 3. The zero-order valence-electron chi connectivity index (χ0n) is 9.24. The van der Waals surface area contributed by atoms with E-state index in [2.05, 4.69) is 5.32 Å². The van der Waals surface area contributed by atoms with Gasteiger partial charge < -0.3 is 10.1 Å². The van der Waals surface area contributed by atoms with Crippen molar-refractivity contribution in [2.24, 2.45) is 0 Å². The van der Waals surface area contributed by atoms with Gasteiger partial charge in [-0.25, -0.2) is 0 Å². The summed E-state index contributed by atoms with van der Waals surface area (Å²) in [4.78, 5) is 22.8. The lowest BCUT2D eigenvalue weighted by Crippen LogP contribution is -2.20. The van der Waals surface area contributed by atoms with Crippen molar-refractivity contribution in [3.63, 3.8) is 0 Å². The van der Waals surface area contributed by atoms with E-state index in [0.717, 1.165) is 5.56 Å². The topological polar surface area (TPSA) is 55.4 Å². The first-order valence-corrected chi connectivity index (χ1v) is 5.10. The van der Waals surface area contributed by atoms with Crippen LogP contribution in [0.25, 0.3) is 0 Å². The second kappa shape index (κ2) is 3.96. The van der Waals surface area contributed by atoms with E-state index in [1.54, 1.807) is 25.3 Å². The fourth-order valence-corrected chi connectivity index (χ4v) is 2.03. The van der Waals surface area contributed by atoms with E-state index in [-0.39, 0.29) is 17.7 Å². The van der Waals surface area contributed by atoms with Gasteiger partial charge in [-0.1, -0.05) is 6.07 Å². The third-order valence-electron chi connectivity index (χ3n) is 2.68. The molecule has 1 aliphatic rings. The summed E-state index contributed by atoms with van der Waals surface area (Å²) >= 11 is 0. The van der Waals surface area contributed by atoms with E-state index >= 15 is 0 Å². The first kappa shape index (κ1) is 10.7. The van der Waals surface area contributed by atoms with Crippen molar-refractivity contribution in [1.29, 1.82) is 0 Å². The van der Waals surface area contributed by atoms with Crippen LogP contribution >= 0.6 is 0 Å². The first-order valence-electron chi connectivity index (χ1n) is 5.10. The van der Waals surface area contributed by atoms with Crippen LogP contribution in [0.1, 0.15) is 35.3 Å². The van der Waals surface area contributed by atoms with Gasteiger partial charge in [-0.05, 0) is 19.1 Å². The maximum absolute atomic E-state index is 11.6. The summed E-state index contributed by atoms with van der Waals surface area (Å²) in [5.74, 6) is 0.561. The number of nitrogens with one attached hydrogen (secondary N) is 1. The molecular formula is C12H13NO3. The fourth-order valence-electron chi connectivity index (χ4n) is 2.03. The molecule has 1 amide bonds. The molecule has 4 nitrogen and oxygen atoms in total. The average Bonchev–Trinajstić information content (AvgIpc) is 2.55. The summed E-state index contributed by atoms with van der Waals surface area (Å²) in [7, 11) is 1.56. The van der Waals surface area contributed by atoms with E-state index in [9.17, 15) is 9.59 Å². The molecule has 2 rings (SSSR count). The van der Waals surface area contributed by atoms with Gasteiger partial charge in [0.1, 0.15) is 11.5 Å². The van der Waals surface area contributed by atoms with Crippen molar-refractivity contribution in [3.8, 4) is 5.75 Å². The molecule has 1 N–H and O–H groups in total. The lowest BCUT2D eigenvalue weighted by molar-refractivity contribution is -0.117. The minimum absolute atomic E-state index is 0.0454. The molecule has 1 atom stereocenters. The van der Waals surface area contributed by atoms with E-state index in [1.807, 2.05) is 0 Å². The lowest BCUT2D eigenvalue weighted by atomic mass is 10.00. The van der Waals surface area contributed by atoms with Crippen molar-refractivity contribution >= 4 is 11.7 Å². The highest BCUT2D eigenvalue weighted by Crippen LogP contribution is 2.35. The van der Waals surface area contributed by atoms with Crippen LogP contribution in [-0.2, 0) is 4.79 Å². The summed E-state index contributed by atoms with van der Waals surface area (Å²) in [6, 6.07) is 5.06. The molecule has 0 saturated heterocycles. The Morgan fingerprint density at radius 1 is 1.50 bits per heavy atom. The minimum atomic E-state index is -0.254. The number of rotatable bonds is 3. The summed E-state index contributed by atoms with van der Waals surface area (Å²) in [6.45, 7) is 1.51. The summed E-state index contributed by atoms with van der Waals surface area (Å²) in [6.07, 6.45) is 0.305. The molecule has 0 fully saturated rings. The molecule has 0 aliphatic carbocycles. The van der Waals surface area contributed by atoms with Crippen LogP contribution < -0.4 is 10.1 Å². The summed E-state index contributed by atoms with van der Waals surface area (Å²) < 4.78 is 5.21. The standard InChI is InChI=1S/C12H13NO3/c1-7(14)6-9-11-8(12(15)13-9)4-3-5-10(11)16-2/h3-5,9H,6H2,1-2H3,(H,13,15). The highest BCUT2D eigenvalue weighted by Gasteiger charge is 2.31. The highest BCUT2D eigenvalue weighted by molar-refractivity contribution is 6.00. The van der Waals surface area contributed by atoms with E-state index in [0.29, 0.717) is 17.7 Å². The second-order valence-electron chi connectivity index (χ2n) is 3.85. The molecule has 1 unspecified atom stereocenters. The van der Waals surface area contributed by atoms with Crippen LogP contribution in [0.4, 0.5) is 0 Å². The fraction of sp³-hybridized carbons (Fsp3) is 0.333. The molecule has 4 heteroatoms. The van der Waals surface area contributed by atoms with Crippen LogP contribution in [0.3, 0.4) is 0 Å². The quantitative estimate of drug-likeness (QED) is 0.837. The molecule has 0 spiro atoms. The maximum Gasteiger partial charge on any atom is 0.252 e. The Labute approximate surface area is 93.6 Å². The number of ketones is 1. The van der Waals surface area contributed by atoms with Gasteiger partial charge in [0.25, 0.3) is 5.91 Å². The van der Waals surface area contributed by atoms with Crippen molar-refractivity contribution in [1.82, 2.24) is 5.32 Å². The van der Waals surface area contributed by atoms with Gasteiger partial charge in [-0.3, -0.25) is 9.59 Å². The number of carbonyl (C=O) groups is 2. The Bertz CT molecular complexity index is 452. The van der Waals surface area contributed by atoms with Crippen LogP contribution in [0.15, 0.2) is 18.2 Å². The molecular weight excluding hydrogens is 206 g/mol. The summed E-state index contributed by atoms with van der Waals surface area (Å²) in [5.41, 5.74) is 1.40. The Morgan fingerprint density at radius 2 is 2.25 bits per heavy atom. The van der Waals surface area contributed by atoms with Crippen molar-refractivity contribution < 1.29 is 14.3 Å². The average molecular weight is 219 g/mol. The normalized spacial score (nSPS) is 17.9. The summed E-state index contributed by atoms with van der Waals surface area (Å²) in [5, 5.41) is 2.79. The van der Waals surface area contributed by atoms with E-state index in [4.69, 9.17) is 4.74 Å². The number of hydrogen-bond donors (Lipinski definition) is 1. The number of amides is 1. The number of methoxy groups -OCH3 is 1. The van der Waals surface area contributed by atoms with Gasteiger partial charge in [0.2, 0.25) is 0 Å². The first-order chi connectivity index (χ1) is 7.63. The van der Waals surface area contributed by atoms with Crippen LogP contribution in [-0.4, -0.2) is 18.8 Å². The number of benzene rings is 1. The van der Waals surface area contributed by atoms with Crippen LogP contribution in [0.2, 0.25) is 0 Å². The molecule has 0 radical (unpaired) electrons. The zero-order chi connectivity index (χ0) is 11.7. The van der Waals surface area contributed by atoms with Gasteiger partial charge in [0.15, 0.2) is 0 Å². The van der Waals surface area contributed by atoms with Gasteiger partial charge in [-0.15, -0.1) is 0 Å². The molecule has 84 valence electrons. The predicted octanol–water partition coefficient (Wildman–Crippen LogP) is 1.46. The zero-order valence-corrected chi connectivity index (χ0v) is 9.24. The largest absolute Gasteiger partial charge is 0.496 e. The Hall–Kier alpha value is -1.84. The molecule has 0 saturated carbocycles. The predicted molar refractivity (Wildman–Crippen MR) is 58.5 cm³/mol. The second-order valence-corrected chi connectivity index (χ2v) is 3.85. The number of carbonyl (C=O) groups excluding carboxylic acids is 2. The molecule has 16 heavy (non-hydrogen) atoms. The van der Waals surface area contributed by atoms with Crippen molar-refractivity contribution in [3.05, 3.63) is 29.3 Å². The monoisotopic (exact) mass is 219 g/mol. The molecule has 1 aromatic rings. The Kier molecular flexibility index (Phi) is 2.64. The third-order valence-corrected chi connectivity index (χ3v) is 2.68. The molecule has 1 aromatic carbocycles. The van der Waals surface area contributed by atoms with Crippen molar-refractivity contribution in [2.75, 3.05) is 7.11 Å². The van der Waals surface area contributed by atoms with Gasteiger partial charge in [0, 0.05) is 17.5 Å². The number of ether oxygens (including phenoxy) is 1. The highest BCUT2D eigenvalue weighted by atomic mass is 16.5. The van der Waals surface area contributed by atoms with Gasteiger partial charge in [0.05, 0.1) is 13.2 Å². The van der Waals surface area contributed by atoms with Crippen molar-refractivity contribution in [2.45, 2.75) is 19.4 Å². The lowest BCUT2D eigenvalue weighted by Gasteiger charge is -2.12. The van der Waals surface area contributed by atoms with Crippen LogP contribution in [0, 0.1) is 0 Å². The maximum atomic E-state index is 11.6. The molecule has 0 aromatic heterocycles. The SMILES string of the molecule is COc1cccc2c1C(CC(C)=O)NC2=O. The molecule has 0 bridgehead atoms. The van der Waals surface area contributed by atoms with E-state index < -0.39 is 0 Å². The van der Waals surface area contributed by atoms with Gasteiger partial charge in [-0.2, -0.15) is 0 Å². The Morgan fingerprint density at radius 3 is 2.88 bits per heavy atom. The minimum Gasteiger partial charge on any atom is -0.496 e. The number of Topliss-reactive ketones (excluding diaryl/α,β-unsaturated/α-hetero) is 1. The smallest absolute Gasteiger partial charge is 0.252 e. The van der Waals surface area contributed by atoms with Gasteiger partial charge >= 0.3 is 0 Å². The Balaban J connectivity index is 2.45. The van der Waals surface area contributed by atoms with E-state index in [1.165, 1.54) is 6.92 Å². The van der Waals surface area contributed by atoms with Crippen LogP contribution in [0.5, 0.6) is 5.75 Å².